The number of para-hydroxylation sites is 1. The van der Waals surface area contributed by atoms with Crippen LogP contribution in [0.5, 0.6) is 5.75 Å². The number of nitrogens with one attached hydrogen (secondary N) is 1. The molecular formula is C16H19N3O2. The Labute approximate surface area is 124 Å². The van der Waals surface area contributed by atoms with E-state index in [0.29, 0.717) is 6.54 Å². The van der Waals surface area contributed by atoms with Gasteiger partial charge < -0.3 is 14.6 Å². The third kappa shape index (κ3) is 4.80. The van der Waals surface area contributed by atoms with Crippen molar-refractivity contribution >= 4 is 12.0 Å². The second-order valence-electron chi connectivity index (χ2n) is 4.52. The molecule has 0 aliphatic rings. The molecule has 1 amide bonds. The quantitative estimate of drug-likeness (QED) is 0.626. The van der Waals surface area contributed by atoms with E-state index in [1.165, 1.54) is 6.08 Å². The molecule has 110 valence electrons. The standard InChI is InChI=1S/C16H19N3O2/c1-21-15-6-3-2-5-14(15)7-8-16(20)18-9-4-11-19-12-10-17-13-19/h2-3,5-8,10,12-13H,4,9,11H2,1H3,(H,18,20)/b8-7+. The zero-order chi connectivity index (χ0) is 14.9. The Kier molecular flexibility index (Phi) is 5.58. The normalized spacial score (nSPS) is 10.7. The third-order valence-electron chi connectivity index (χ3n) is 3.00. The number of benzene rings is 1. The van der Waals surface area contributed by atoms with E-state index in [0.717, 1.165) is 24.3 Å². The van der Waals surface area contributed by atoms with Crippen LogP contribution in [-0.4, -0.2) is 29.1 Å². The number of hydrogen-bond acceptors (Lipinski definition) is 3. The van der Waals surface area contributed by atoms with Gasteiger partial charge in [0.25, 0.3) is 0 Å². The smallest absolute Gasteiger partial charge is 0.244 e. The fourth-order valence-electron chi connectivity index (χ4n) is 1.92. The van der Waals surface area contributed by atoms with Gasteiger partial charge >= 0.3 is 0 Å². The third-order valence-corrected chi connectivity index (χ3v) is 3.00. The molecule has 0 radical (unpaired) electrons. The Morgan fingerprint density at radius 1 is 1.43 bits per heavy atom. The summed E-state index contributed by atoms with van der Waals surface area (Å²) in [4.78, 5) is 15.7. The second-order valence-corrected chi connectivity index (χ2v) is 4.52. The second kappa shape index (κ2) is 7.89. The largest absolute Gasteiger partial charge is 0.496 e. The average molecular weight is 285 g/mol. The van der Waals surface area contributed by atoms with Crippen LogP contribution in [0.4, 0.5) is 0 Å². The first-order valence-electron chi connectivity index (χ1n) is 6.84. The van der Waals surface area contributed by atoms with E-state index >= 15 is 0 Å². The molecule has 0 spiro atoms. The molecule has 1 heterocycles. The minimum Gasteiger partial charge on any atom is -0.496 e. The van der Waals surface area contributed by atoms with E-state index < -0.39 is 0 Å². The van der Waals surface area contributed by atoms with Crippen molar-refractivity contribution in [1.82, 2.24) is 14.9 Å². The number of carbonyl (C=O) groups excluding carboxylic acids is 1. The summed E-state index contributed by atoms with van der Waals surface area (Å²) in [6, 6.07) is 7.57. The van der Waals surface area contributed by atoms with Gasteiger partial charge in [0.1, 0.15) is 5.75 Å². The fraction of sp³-hybridized carbons (Fsp3) is 0.250. The van der Waals surface area contributed by atoms with Crippen LogP contribution in [0.3, 0.4) is 0 Å². The van der Waals surface area contributed by atoms with Gasteiger partial charge in [0.05, 0.1) is 13.4 Å². The number of nitrogens with zero attached hydrogens (tertiary/aromatic N) is 2. The lowest BCUT2D eigenvalue weighted by Crippen LogP contribution is -2.22. The molecular weight excluding hydrogens is 266 g/mol. The highest BCUT2D eigenvalue weighted by Gasteiger charge is 1.99. The highest BCUT2D eigenvalue weighted by molar-refractivity contribution is 5.92. The summed E-state index contributed by atoms with van der Waals surface area (Å²) in [6.07, 6.45) is 9.56. The molecule has 1 aromatic carbocycles. The van der Waals surface area contributed by atoms with E-state index in [1.54, 1.807) is 25.7 Å². The van der Waals surface area contributed by atoms with Gasteiger partial charge in [-0.25, -0.2) is 4.98 Å². The lowest BCUT2D eigenvalue weighted by Gasteiger charge is -2.04. The first kappa shape index (κ1) is 14.8. The molecule has 1 aromatic heterocycles. The van der Waals surface area contributed by atoms with Crippen LogP contribution in [0.25, 0.3) is 6.08 Å². The van der Waals surface area contributed by atoms with Crippen LogP contribution in [0.2, 0.25) is 0 Å². The van der Waals surface area contributed by atoms with Gasteiger partial charge in [-0.05, 0) is 18.6 Å². The number of rotatable bonds is 7. The molecule has 2 rings (SSSR count). The van der Waals surface area contributed by atoms with E-state index in [4.69, 9.17) is 4.74 Å². The topological polar surface area (TPSA) is 56.1 Å². The van der Waals surface area contributed by atoms with Crippen LogP contribution in [-0.2, 0) is 11.3 Å². The fourth-order valence-corrected chi connectivity index (χ4v) is 1.92. The molecule has 0 saturated heterocycles. The van der Waals surface area contributed by atoms with Crippen LogP contribution >= 0.6 is 0 Å². The maximum Gasteiger partial charge on any atom is 0.244 e. The van der Waals surface area contributed by atoms with E-state index in [1.807, 2.05) is 35.0 Å². The van der Waals surface area contributed by atoms with Gasteiger partial charge in [0, 0.05) is 37.1 Å². The molecule has 5 heteroatoms. The minimum absolute atomic E-state index is 0.105. The van der Waals surface area contributed by atoms with Crippen molar-refractivity contribution in [1.29, 1.82) is 0 Å². The van der Waals surface area contributed by atoms with Crippen molar-refractivity contribution < 1.29 is 9.53 Å². The summed E-state index contributed by atoms with van der Waals surface area (Å²) in [7, 11) is 1.61. The number of amides is 1. The lowest BCUT2D eigenvalue weighted by molar-refractivity contribution is -0.116. The zero-order valence-electron chi connectivity index (χ0n) is 12.0. The first-order valence-corrected chi connectivity index (χ1v) is 6.84. The van der Waals surface area contributed by atoms with Crippen LogP contribution < -0.4 is 10.1 Å². The Hall–Kier alpha value is -2.56. The number of aromatic nitrogens is 2. The lowest BCUT2D eigenvalue weighted by atomic mass is 10.2. The summed E-state index contributed by atoms with van der Waals surface area (Å²) in [5.74, 6) is 0.646. The Morgan fingerprint density at radius 2 is 2.29 bits per heavy atom. The van der Waals surface area contributed by atoms with E-state index in [-0.39, 0.29) is 5.91 Å². The molecule has 0 unspecified atom stereocenters. The van der Waals surface area contributed by atoms with Gasteiger partial charge in [-0.2, -0.15) is 0 Å². The summed E-state index contributed by atoms with van der Waals surface area (Å²) < 4.78 is 7.21. The van der Waals surface area contributed by atoms with Crippen LogP contribution in [0.1, 0.15) is 12.0 Å². The highest BCUT2D eigenvalue weighted by atomic mass is 16.5. The molecule has 0 aliphatic carbocycles. The number of imidazole rings is 1. The predicted molar refractivity (Wildman–Crippen MR) is 81.9 cm³/mol. The Bertz CT molecular complexity index is 591. The summed E-state index contributed by atoms with van der Waals surface area (Å²) >= 11 is 0. The van der Waals surface area contributed by atoms with Gasteiger partial charge in [-0.3, -0.25) is 4.79 Å². The monoisotopic (exact) mass is 285 g/mol. The molecule has 0 fully saturated rings. The Morgan fingerprint density at radius 3 is 3.05 bits per heavy atom. The molecule has 1 N–H and O–H groups in total. The number of ether oxygens (including phenoxy) is 1. The van der Waals surface area contributed by atoms with Crippen molar-refractivity contribution in [2.24, 2.45) is 0 Å². The summed E-state index contributed by atoms with van der Waals surface area (Å²) in [6.45, 7) is 1.48. The number of hydrogen-bond donors (Lipinski definition) is 1. The molecule has 5 nitrogen and oxygen atoms in total. The highest BCUT2D eigenvalue weighted by Crippen LogP contribution is 2.18. The van der Waals surface area contributed by atoms with E-state index in [9.17, 15) is 4.79 Å². The van der Waals surface area contributed by atoms with Crippen LogP contribution in [0.15, 0.2) is 49.1 Å². The van der Waals surface area contributed by atoms with Gasteiger partial charge in [-0.1, -0.05) is 18.2 Å². The SMILES string of the molecule is COc1ccccc1/C=C/C(=O)NCCCn1ccnc1. The number of aryl methyl sites for hydroxylation is 1. The molecule has 0 bridgehead atoms. The minimum atomic E-state index is -0.105. The summed E-state index contributed by atoms with van der Waals surface area (Å²) in [5.41, 5.74) is 0.883. The van der Waals surface area contributed by atoms with E-state index in [2.05, 4.69) is 10.3 Å². The zero-order valence-corrected chi connectivity index (χ0v) is 12.0. The van der Waals surface area contributed by atoms with Crippen molar-refractivity contribution in [3.8, 4) is 5.75 Å². The molecule has 0 aliphatic heterocycles. The van der Waals surface area contributed by atoms with Crippen molar-refractivity contribution in [3.63, 3.8) is 0 Å². The van der Waals surface area contributed by atoms with Crippen molar-refractivity contribution in [2.45, 2.75) is 13.0 Å². The maximum absolute atomic E-state index is 11.7. The van der Waals surface area contributed by atoms with Crippen LogP contribution in [0, 0.1) is 0 Å². The van der Waals surface area contributed by atoms with Crippen molar-refractivity contribution in [3.05, 3.63) is 54.6 Å². The molecule has 0 atom stereocenters. The first-order chi connectivity index (χ1) is 10.3. The predicted octanol–water partition coefficient (Wildman–Crippen LogP) is 2.11. The number of methoxy groups -OCH3 is 1. The maximum atomic E-state index is 11.7. The van der Waals surface area contributed by atoms with Gasteiger partial charge in [-0.15, -0.1) is 0 Å². The van der Waals surface area contributed by atoms with Gasteiger partial charge in [0.2, 0.25) is 5.91 Å². The molecule has 21 heavy (non-hydrogen) atoms. The average Bonchev–Trinajstić information content (AvgIpc) is 3.03. The Balaban J connectivity index is 1.75. The molecule has 2 aromatic rings. The number of carbonyl (C=O) groups is 1. The summed E-state index contributed by atoms with van der Waals surface area (Å²) in [5, 5.41) is 2.85. The molecule has 0 saturated carbocycles. The van der Waals surface area contributed by atoms with Crippen molar-refractivity contribution in [2.75, 3.05) is 13.7 Å². The van der Waals surface area contributed by atoms with Gasteiger partial charge in [0.15, 0.2) is 0 Å².